The van der Waals surface area contributed by atoms with Crippen LogP contribution in [0.25, 0.3) is 39.4 Å². The standard InChI is InChI=1S/C18H14N2.C12H12N4.2C2H6/c1-12-6-7-14-9-11-17(20-18(12)14)16-10-8-13-4-2-3-5-15(13)19-16;1-2-8-7-13-11(14-8)12-15-9-5-3-4-6-10(9)16-12;2*1-2/h2-12H,1H3;2-6H,7H2,1H3,(H,13,14)(H,15,16);2*1-2H3/b;8-2+;;. The zero-order valence-electron chi connectivity index (χ0n) is 24.2. The van der Waals surface area contributed by atoms with Gasteiger partial charge < -0.3 is 10.3 Å². The minimum atomic E-state index is 0.394. The first kappa shape index (κ1) is 28.4. The van der Waals surface area contributed by atoms with E-state index in [1.54, 1.807) is 0 Å². The van der Waals surface area contributed by atoms with Crippen LogP contribution in [0.3, 0.4) is 0 Å². The van der Waals surface area contributed by atoms with Crippen LogP contribution in [0.1, 0.15) is 64.5 Å². The minimum Gasteiger partial charge on any atom is -0.340 e. The molecule has 0 bridgehead atoms. The van der Waals surface area contributed by atoms with Crippen LogP contribution in [0.15, 0.2) is 95.6 Å². The van der Waals surface area contributed by atoms with Crippen molar-refractivity contribution in [2.75, 3.05) is 6.54 Å². The molecule has 0 spiro atoms. The van der Waals surface area contributed by atoms with Gasteiger partial charge in [-0.15, -0.1) is 0 Å². The van der Waals surface area contributed by atoms with E-state index in [2.05, 4.69) is 63.6 Å². The van der Waals surface area contributed by atoms with Gasteiger partial charge in [0.15, 0.2) is 11.7 Å². The lowest BCUT2D eigenvalue weighted by molar-refractivity contribution is 0.927. The van der Waals surface area contributed by atoms with Gasteiger partial charge in [-0.05, 0) is 42.8 Å². The van der Waals surface area contributed by atoms with E-state index in [1.165, 1.54) is 5.56 Å². The van der Waals surface area contributed by atoms with E-state index < -0.39 is 0 Å². The fourth-order valence-electron chi connectivity index (χ4n) is 4.44. The predicted molar refractivity (Wildman–Crippen MR) is 170 cm³/mol. The predicted octanol–water partition coefficient (Wildman–Crippen LogP) is 8.30. The molecule has 2 N–H and O–H groups in total. The number of allylic oxidation sites excluding steroid dienone is 2. The molecule has 7 rings (SSSR count). The number of hydrogen-bond donors (Lipinski definition) is 2. The van der Waals surface area contributed by atoms with Crippen LogP contribution in [-0.4, -0.2) is 32.3 Å². The summed E-state index contributed by atoms with van der Waals surface area (Å²) >= 11 is 0. The molecule has 0 saturated carbocycles. The second-order valence-corrected chi connectivity index (χ2v) is 8.91. The van der Waals surface area contributed by atoms with Crippen LogP contribution in [0.2, 0.25) is 0 Å². The van der Waals surface area contributed by atoms with Crippen LogP contribution in [0, 0.1) is 0 Å². The van der Waals surface area contributed by atoms with Gasteiger partial charge in [-0.3, -0.25) is 4.99 Å². The van der Waals surface area contributed by atoms with E-state index in [0.717, 1.165) is 56.4 Å². The lowest BCUT2D eigenvalue weighted by Crippen LogP contribution is -2.19. The van der Waals surface area contributed by atoms with Gasteiger partial charge in [-0.1, -0.05) is 95.3 Å². The van der Waals surface area contributed by atoms with Crippen molar-refractivity contribution in [1.82, 2.24) is 25.3 Å². The SMILES string of the molecule is C/C=C1\CN=C(c2nc3ccccc3[nH]2)N1.CC.CC.CC1C=Cc2ccc(-c3ccc4ccccc4n3)nc21. The maximum Gasteiger partial charge on any atom is 0.174 e. The number of fused-ring (bicyclic) bond motifs is 3. The molecule has 0 radical (unpaired) electrons. The van der Waals surface area contributed by atoms with Crippen LogP contribution < -0.4 is 5.32 Å². The van der Waals surface area contributed by atoms with Gasteiger partial charge in [-0.2, -0.15) is 0 Å². The zero-order chi connectivity index (χ0) is 28.5. The maximum absolute atomic E-state index is 4.79. The third-order valence-electron chi connectivity index (χ3n) is 6.46. The number of pyridine rings is 2. The highest BCUT2D eigenvalue weighted by molar-refractivity contribution is 6.00. The third-order valence-corrected chi connectivity index (χ3v) is 6.46. The summed E-state index contributed by atoms with van der Waals surface area (Å²) in [6.45, 7) is 12.9. The van der Waals surface area contributed by atoms with Crippen LogP contribution >= 0.6 is 0 Å². The van der Waals surface area contributed by atoms with Crippen molar-refractivity contribution in [3.8, 4) is 11.4 Å². The number of nitrogens with zero attached hydrogens (tertiary/aromatic N) is 4. The molecule has 2 aliphatic rings. The van der Waals surface area contributed by atoms with Crippen molar-refractivity contribution in [1.29, 1.82) is 0 Å². The number of aromatic nitrogens is 4. The second-order valence-electron chi connectivity index (χ2n) is 8.91. The number of nitrogens with one attached hydrogen (secondary N) is 2. The fourth-order valence-corrected chi connectivity index (χ4v) is 4.44. The number of H-pyrrole nitrogens is 1. The Balaban J connectivity index is 0.000000168. The normalized spacial score (nSPS) is 15.7. The number of hydrogen-bond acceptors (Lipinski definition) is 5. The molecule has 6 heteroatoms. The Labute approximate surface area is 237 Å². The van der Waals surface area contributed by atoms with Gasteiger partial charge >= 0.3 is 0 Å². The number of imidazole rings is 1. The lowest BCUT2D eigenvalue weighted by Gasteiger charge is -2.07. The lowest BCUT2D eigenvalue weighted by atomic mass is 10.1. The van der Waals surface area contributed by atoms with Gasteiger partial charge in [0, 0.05) is 17.0 Å². The Kier molecular flexibility index (Phi) is 9.57. The van der Waals surface area contributed by atoms with Crippen molar-refractivity contribution in [2.45, 2.75) is 47.5 Å². The first-order chi connectivity index (χ1) is 19.7. The van der Waals surface area contributed by atoms with Gasteiger partial charge in [0.1, 0.15) is 0 Å². The molecule has 204 valence electrons. The summed E-state index contributed by atoms with van der Waals surface area (Å²) in [5, 5.41) is 4.39. The summed E-state index contributed by atoms with van der Waals surface area (Å²) in [7, 11) is 0. The fraction of sp³-hybridized carbons (Fsp3) is 0.235. The van der Waals surface area contributed by atoms with Crippen molar-refractivity contribution < 1.29 is 0 Å². The average molecular weight is 531 g/mol. The topological polar surface area (TPSA) is 78.9 Å². The molecular weight excluding hydrogens is 492 g/mol. The molecule has 6 nitrogen and oxygen atoms in total. The van der Waals surface area contributed by atoms with E-state index in [1.807, 2.05) is 89.2 Å². The second kappa shape index (κ2) is 13.5. The van der Waals surface area contributed by atoms with E-state index in [4.69, 9.17) is 9.97 Å². The molecular formula is C34H38N6. The molecule has 1 atom stereocenters. The number of aliphatic imine (C=N–C) groups is 1. The van der Waals surface area contributed by atoms with Gasteiger partial charge in [0.05, 0.1) is 40.2 Å². The van der Waals surface area contributed by atoms with Crippen molar-refractivity contribution in [2.24, 2.45) is 4.99 Å². The summed E-state index contributed by atoms with van der Waals surface area (Å²) in [4.78, 5) is 21.6. The first-order valence-electron chi connectivity index (χ1n) is 14.1. The Bertz CT molecular complexity index is 1640. The summed E-state index contributed by atoms with van der Waals surface area (Å²) in [6, 6.07) is 24.5. The summed E-state index contributed by atoms with van der Waals surface area (Å²) in [5.41, 5.74) is 8.40. The maximum atomic E-state index is 4.79. The van der Waals surface area contributed by atoms with E-state index in [0.29, 0.717) is 12.5 Å². The van der Waals surface area contributed by atoms with Crippen molar-refractivity contribution >= 4 is 33.8 Å². The quantitative estimate of drug-likeness (QED) is 0.241. The number of para-hydroxylation sites is 3. The molecule has 40 heavy (non-hydrogen) atoms. The minimum absolute atomic E-state index is 0.394. The molecule has 0 amide bonds. The molecule has 1 aliphatic carbocycles. The zero-order valence-corrected chi connectivity index (χ0v) is 24.2. The average Bonchev–Trinajstić information content (AvgIpc) is 3.77. The van der Waals surface area contributed by atoms with Gasteiger partial charge in [0.25, 0.3) is 0 Å². The third kappa shape index (κ3) is 6.18. The Morgan fingerprint density at radius 2 is 1.48 bits per heavy atom. The molecule has 4 heterocycles. The number of rotatable bonds is 2. The Morgan fingerprint density at radius 1 is 0.775 bits per heavy atom. The van der Waals surface area contributed by atoms with Crippen molar-refractivity contribution in [3.05, 3.63) is 108 Å². The Morgan fingerprint density at radius 3 is 2.23 bits per heavy atom. The van der Waals surface area contributed by atoms with Crippen LogP contribution in [0.5, 0.6) is 0 Å². The summed E-state index contributed by atoms with van der Waals surface area (Å²) in [5.74, 6) is 2.02. The van der Waals surface area contributed by atoms with Gasteiger partial charge in [-0.25, -0.2) is 15.0 Å². The van der Waals surface area contributed by atoms with Crippen molar-refractivity contribution in [3.63, 3.8) is 0 Å². The first-order valence-corrected chi connectivity index (χ1v) is 14.1. The van der Waals surface area contributed by atoms with E-state index in [-0.39, 0.29) is 0 Å². The molecule has 1 aliphatic heterocycles. The number of aromatic amines is 1. The highest BCUT2D eigenvalue weighted by Crippen LogP contribution is 2.30. The molecule has 0 saturated heterocycles. The summed E-state index contributed by atoms with van der Waals surface area (Å²) < 4.78 is 0. The molecule has 3 aromatic heterocycles. The van der Waals surface area contributed by atoms with E-state index >= 15 is 0 Å². The summed E-state index contributed by atoms with van der Waals surface area (Å²) in [6.07, 6.45) is 6.36. The van der Waals surface area contributed by atoms with E-state index in [9.17, 15) is 0 Å². The highest BCUT2D eigenvalue weighted by atomic mass is 15.1. The molecule has 0 fully saturated rings. The van der Waals surface area contributed by atoms with Gasteiger partial charge in [0.2, 0.25) is 0 Å². The largest absolute Gasteiger partial charge is 0.340 e. The molecule has 2 aromatic carbocycles. The smallest absolute Gasteiger partial charge is 0.174 e. The van der Waals surface area contributed by atoms with Crippen LogP contribution in [0.4, 0.5) is 0 Å². The number of benzene rings is 2. The Hall–Kier alpha value is -4.58. The molecule has 1 unspecified atom stereocenters. The monoisotopic (exact) mass is 530 g/mol. The molecule has 5 aromatic rings. The highest BCUT2D eigenvalue weighted by Gasteiger charge is 2.16. The number of amidine groups is 1. The van der Waals surface area contributed by atoms with Crippen LogP contribution in [-0.2, 0) is 0 Å².